The lowest BCUT2D eigenvalue weighted by molar-refractivity contribution is 0.330. The molecule has 0 spiro atoms. The van der Waals surface area contributed by atoms with Gasteiger partial charge in [0.05, 0.1) is 0 Å². The van der Waals surface area contributed by atoms with E-state index in [0.717, 1.165) is 23.9 Å². The molecule has 0 aromatic carbocycles. The summed E-state index contributed by atoms with van der Waals surface area (Å²) in [5, 5.41) is 3.73. The third-order valence-corrected chi connectivity index (χ3v) is 3.88. The van der Waals surface area contributed by atoms with Crippen molar-refractivity contribution in [3.8, 4) is 0 Å². The van der Waals surface area contributed by atoms with Crippen LogP contribution < -0.4 is 5.32 Å². The van der Waals surface area contributed by atoms with Gasteiger partial charge in [-0.3, -0.25) is 0 Å². The molecule has 2 heterocycles. The van der Waals surface area contributed by atoms with Gasteiger partial charge in [-0.05, 0) is 37.5 Å². The maximum absolute atomic E-state index is 3.73. The van der Waals surface area contributed by atoms with E-state index in [0.29, 0.717) is 0 Å². The van der Waals surface area contributed by atoms with Crippen molar-refractivity contribution in [2.45, 2.75) is 44.2 Å². The van der Waals surface area contributed by atoms with Gasteiger partial charge in [0.25, 0.3) is 0 Å². The predicted molar refractivity (Wildman–Crippen MR) is 40.8 cm³/mol. The van der Waals surface area contributed by atoms with Crippen LogP contribution in [0, 0.1) is 11.8 Å². The van der Waals surface area contributed by atoms with Crippen LogP contribution in [-0.4, -0.2) is 12.1 Å². The highest BCUT2D eigenvalue weighted by Gasteiger charge is 2.48. The fourth-order valence-electron chi connectivity index (χ4n) is 3.49. The van der Waals surface area contributed by atoms with Gasteiger partial charge in [-0.15, -0.1) is 0 Å². The van der Waals surface area contributed by atoms with Crippen LogP contribution in [0.15, 0.2) is 0 Å². The van der Waals surface area contributed by atoms with Gasteiger partial charge in [0, 0.05) is 12.1 Å². The van der Waals surface area contributed by atoms with E-state index in [1.54, 1.807) is 0 Å². The molecule has 1 nitrogen and oxygen atoms in total. The van der Waals surface area contributed by atoms with Crippen LogP contribution in [0.25, 0.3) is 0 Å². The van der Waals surface area contributed by atoms with Crippen molar-refractivity contribution in [2.24, 2.45) is 11.8 Å². The zero-order valence-electron chi connectivity index (χ0n) is 6.34. The maximum Gasteiger partial charge on any atom is 0.0102 e. The van der Waals surface area contributed by atoms with Gasteiger partial charge in [0.2, 0.25) is 0 Å². The summed E-state index contributed by atoms with van der Waals surface area (Å²) in [6, 6.07) is 1.88. The molecule has 2 saturated heterocycles. The minimum atomic E-state index is 0.942. The maximum atomic E-state index is 3.73. The summed E-state index contributed by atoms with van der Waals surface area (Å²) in [5.74, 6) is 2.19. The van der Waals surface area contributed by atoms with E-state index in [4.69, 9.17) is 0 Å². The second-order valence-corrected chi connectivity index (χ2v) is 4.22. The van der Waals surface area contributed by atoms with Crippen LogP contribution in [-0.2, 0) is 0 Å². The molecule has 4 atom stereocenters. The van der Waals surface area contributed by atoms with Crippen molar-refractivity contribution < 1.29 is 0 Å². The minimum absolute atomic E-state index is 0.942. The smallest absolute Gasteiger partial charge is 0.0102 e. The van der Waals surface area contributed by atoms with E-state index in [1.807, 2.05) is 0 Å². The van der Waals surface area contributed by atoms with E-state index in [2.05, 4.69) is 5.32 Å². The molecule has 3 fully saturated rings. The van der Waals surface area contributed by atoms with Crippen LogP contribution in [0.5, 0.6) is 0 Å². The third kappa shape index (κ3) is 0.531. The van der Waals surface area contributed by atoms with E-state index < -0.39 is 0 Å². The molecule has 1 saturated carbocycles. The quantitative estimate of drug-likeness (QED) is 0.534. The standard InChI is InChI=1S/C9H15N/c1-2-6-7(3-1)9-5-4-8(6)10-9/h6-10H,1-5H2. The van der Waals surface area contributed by atoms with Gasteiger partial charge in [-0.2, -0.15) is 0 Å². The molecule has 3 aliphatic rings. The SMILES string of the molecule is C1CC2C3CCC(N3)C2C1. The first kappa shape index (κ1) is 5.59. The normalized spacial score (nSPS) is 57.6. The number of nitrogens with one attached hydrogen (secondary N) is 1. The van der Waals surface area contributed by atoms with Gasteiger partial charge in [-0.1, -0.05) is 6.42 Å². The second-order valence-electron chi connectivity index (χ2n) is 4.22. The first-order valence-electron chi connectivity index (χ1n) is 4.71. The Hall–Kier alpha value is -0.0400. The summed E-state index contributed by atoms with van der Waals surface area (Å²) < 4.78 is 0. The fourth-order valence-corrected chi connectivity index (χ4v) is 3.49. The Morgan fingerprint density at radius 1 is 0.800 bits per heavy atom. The number of hydrogen-bond donors (Lipinski definition) is 1. The Kier molecular flexibility index (Phi) is 0.984. The van der Waals surface area contributed by atoms with Crippen molar-refractivity contribution in [1.29, 1.82) is 0 Å². The van der Waals surface area contributed by atoms with Crippen LogP contribution in [0.1, 0.15) is 32.1 Å². The molecule has 1 N–H and O–H groups in total. The topological polar surface area (TPSA) is 12.0 Å². The van der Waals surface area contributed by atoms with Crippen LogP contribution in [0.2, 0.25) is 0 Å². The summed E-state index contributed by atoms with van der Waals surface area (Å²) >= 11 is 0. The molecule has 10 heavy (non-hydrogen) atoms. The summed E-state index contributed by atoms with van der Waals surface area (Å²) in [6.45, 7) is 0. The largest absolute Gasteiger partial charge is 0.311 e. The summed E-state index contributed by atoms with van der Waals surface area (Å²) in [4.78, 5) is 0. The average molecular weight is 137 g/mol. The fraction of sp³-hybridized carbons (Fsp3) is 1.00. The molecule has 4 unspecified atom stereocenters. The Morgan fingerprint density at radius 2 is 1.40 bits per heavy atom. The Labute approximate surface area is 62.2 Å². The summed E-state index contributed by atoms with van der Waals surface area (Å²) in [6.07, 6.45) is 7.53. The van der Waals surface area contributed by atoms with Crippen molar-refractivity contribution in [1.82, 2.24) is 5.32 Å². The van der Waals surface area contributed by atoms with Crippen LogP contribution in [0.4, 0.5) is 0 Å². The van der Waals surface area contributed by atoms with E-state index >= 15 is 0 Å². The monoisotopic (exact) mass is 137 g/mol. The average Bonchev–Trinajstić information content (AvgIpc) is 2.60. The molecule has 1 aliphatic carbocycles. The first-order chi connectivity index (χ1) is 4.95. The third-order valence-electron chi connectivity index (χ3n) is 3.88. The predicted octanol–water partition coefficient (Wildman–Crippen LogP) is 1.54. The molecule has 1 heteroatoms. The highest BCUT2D eigenvalue weighted by molar-refractivity contribution is 5.05. The molecule has 0 amide bonds. The lowest BCUT2D eigenvalue weighted by Crippen LogP contribution is -2.22. The molecular formula is C9H15N. The summed E-state index contributed by atoms with van der Waals surface area (Å²) in [5.41, 5.74) is 0. The molecule has 2 bridgehead atoms. The molecular weight excluding hydrogens is 122 g/mol. The van der Waals surface area contributed by atoms with Gasteiger partial charge in [0.1, 0.15) is 0 Å². The van der Waals surface area contributed by atoms with Crippen molar-refractivity contribution in [3.63, 3.8) is 0 Å². The molecule has 2 aliphatic heterocycles. The zero-order valence-corrected chi connectivity index (χ0v) is 6.34. The van der Waals surface area contributed by atoms with E-state index in [1.165, 1.54) is 32.1 Å². The number of hydrogen-bond acceptors (Lipinski definition) is 1. The lowest BCUT2D eigenvalue weighted by atomic mass is 9.82. The minimum Gasteiger partial charge on any atom is -0.311 e. The molecule has 3 rings (SSSR count). The molecule has 56 valence electrons. The van der Waals surface area contributed by atoms with Gasteiger partial charge in [-0.25, -0.2) is 0 Å². The van der Waals surface area contributed by atoms with Crippen LogP contribution >= 0.6 is 0 Å². The van der Waals surface area contributed by atoms with Gasteiger partial charge < -0.3 is 5.32 Å². The first-order valence-corrected chi connectivity index (χ1v) is 4.71. The summed E-state index contributed by atoms with van der Waals surface area (Å²) in [7, 11) is 0. The van der Waals surface area contributed by atoms with Crippen molar-refractivity contribution in [2.75, 3.05) is 0 Å². The van der Waals surface area contributed by atoms with Gasteiger partial charge >= 0.3 is 0 Å². The lowest BCUT2D eigenvalue weighted by Gasteiger charge is -2.21. The second kappa shape index (κ2) is 1.76. The highest BCUT2D eigenvalue weighted by atomic mass is 15.0. The zero-order chi connectivity index (χ0) is 6.55. The Morgan fingerprint density at radius 3 is 2.00 bits per heavy atom. The van der Waals surface area contributed by atoms with Crippen molar-refractivity contribution in [3.05, 3.63) is 0 Å². The number of fused-ring (bicyclic) bond motifs is 5. The van der Waals surface area contributed by atoms with Crippen molar-refractivity contribution >= 4 is 0 Å². The molecule has 0 radical (unpaired) electrons. The van der Waals surface area contributed by atoms with Crippen LogP contribution in [0.3, 0.4) is 0 Å². The Balaban J connectivity index is 1.92. The molecule has 0 aromatic heterocycles. The van der Waals surface area contributed by atoms with E-state index in [-0.39, 0.29) is 0 Å². The highest BCUT2D eigenvalue weighted by Crippen LogP contribution is 2.47. The Bertz CT molecular complexity index is 139. The van der Waals surface area contributed by atoms with Gasteiger partial charge in [0.15, 0.2) is 0 Å². The number of rotatable bonds is 0. The molecule has 0 aromatic rings. The van der Waals surface area contributed by atoms with E-state index in [9.17, 15) is 0 Å².